The van der Waals surface area contributed by atoms with Crippen molar-refractivity contribution in [2.75, 3.05) is 42.9 Å². The van der Waals surface area contributed by atoms with Crippen molar-refractivity contribution in [2.45, 2.75) is 13.5 Å². The lowest BCUT2D eigenvalue weighted by Crippen LogP contribution is -2.49. The van der Waals surface area contributed by atoms with Crippen LogP contribution in [0.1, 0.15) is 27.0 Å². The fourth-order valence-electron chi connectivity index (χ4n) is 5.76. The third-order valence-corrected chi connectivity index (χ3v) is 8.58. The van der Waals surface area contributed by atoms with Gasteiger partial charge in [0.25, 0.3) is 5.56 Å². The minimum absolute atomic E-state index is 0.129. The van der Waals surface area contributed by atoms with Crippen molar-refractivity contribution >= 4 is 46.1 Å². The minimum Gasteiger partial charge on any atom is -0.340 e. The van der Waals surface area contributed by atoms with Crippen molar-refractivity contribution in [3.63, 3.8) is 0 Å². The molecule has 1 aliphatic rings. The molecule has 46 heavy (non-hydrogen) atoms. The maximum Gasteiger partial charge on any atom is 0.332 e. The van der Waals surface area contributed by atoms with E-state index in [1.807, 2.05) is 46.7 Å². The molecule has 1 aliphatic heterocycles. The fourth-order valence-corrected chi connectivity index (χ4v) is 5.93. The minimum atomic E-state index is -0.436. The Morgan fingerprint density at radius 1 is 0.891 bits per heavy atom. The van der Waals surface area contributed by atoms with Crippen molar-refractivity contribution in [2.24, 2.45) is 14.1 Å². The van der Waals surface area contributed by atoms with E-state index in [1.165, 1.54) is 11.6 Å². The zero-order valence-corrected chi connectivity index (χ0v) is 26.6. The molecule has 1 N–H and O–H groups in total. The van der Waals surface area contributed by atoms with E-state index in [-0.39, 0.29) is 18.2 Å². The molecule has 0 bridgehead atoms. The lowest BCUT2D eigenvalue weighted by atomic mass is 10.0. The number of nitrogens with zero attached hydrogens (tertiary/aromatic N) is 6. The number of fused-ring (bicyclic) bond motifs is 1. The Morgan fingerprint density at radius 3 is 2.28 bits per heavy atom. The first-order chi connectivity index (χ1) is 22.1. The third-order valence-electron chi connectivity index (χ3n) is 8.35. The summed E-state index contributed by atoms with van der Waals surface area (Å²) in [5, 5.41) is 3.30. The molecular weight excluding hydrogens is 606 g/mol. The van der Waals surface area contributed by atoms with Crippen LogP contribution < -0.4 is 21.5 Å². The highest BCUT2D eigenvalue weighted by atomic mass is 35.5. The summed E-state index contributed by atoms with van der Waals surface area (Å²) in [6.07, 6.45) is 0. The summed E-state index contributed by atoms with van der Waals surface area (Å²) in [5.74, 6) is 0.124. The molecule has 0 spiro atoms. The number of nitrogens with one attached hydrogen (secondary N) is 1. The van der Waals surface area contributed by atoms with Gasteiger partial charge in [0, 0.05) is 56.4 Å². The molecule has 5 aromatic rings. The number of aromatic nitrogens is 4. The maximum atomic E-state index is 13.3. The summed E-state index contributed by atoms with van der Waals surface area (Å²) >= 11 is 6.21. The first-order valence-electron chi connectivity index (χ1n) is 15.0. The lowest BCUT2D eigenvalue weighted by molar-refractivity contribution is -0.117. The van der Waals surface area contributed by atoms with E-state index < -0.39 is 11.2 Å². The van der Waals surface area contributed by atoms with Crippen LogP contribution in [0.15, 0.2) is 82.4 Å². The lowest BCUT2D eigenvalue weighted by Gasteiger charge is -2.35. The maximum absolute atomic E-state index is 13.3. The van der Waals surface area contributed by atoms with Gasteiger partial charge in [-0.05, 0) is 30.7 Å². The molecule has 6 rings (SSSR count). The van der Waals surface area contributed by atoms with Crippen LogP contribution >= 0.6 is 11.6 Å². The number of anilines is 2. The predicted molar refractivity (Wildman–Crippen MR) is 179 cm³/mol. The summed E-state index contributed by atoms with van der Waals surface area (Å²) in [6, 6.07) is 21.8. The van der Waals surface area contributed by atoms with Gasteiger partial charge in [0.15, 0.2) is 16.9 Å². The van der Waals surface area contributed by atoms with E-state index in [0.717, 1.165) is 15.7 Å². The number of hydrogen-bond donors (Lipinski definition) is 1. The number of rotatable bonds is 8. The van der Waals surface area contributed by atoms with Crippen LogP contribution in [-0.2, 0) is 25.4 Å². The zero-order chi connectivity index (χ0) is 32.5. The summed E-state index contributed by atoms with van der Waals surface area (Å²) < 4.78 is 4.39. The first-order valence-corrected chi connectivity index (χ1v) is 15.4. The second-order valence-electron chi connectivity index (χ2n) is 11.6. The predicted octanol–water partition coefficient (Wildman–Crippen LogP) is 3.44. The molecule has 236 valence electrons. The Hall–Kier alpha value is -5.00. The number of halogens is 1. The zero-order valence-electron chi connectivity index (χ0n) is 25.9. The van der Waals surface area contributed by atoms with E-state index in [0.29, 0.717) is 71.7 Å². The van der Waals surface area contributed by atoms with Gasteiger partial charge in [0.2, 0.25) is 11.9 Å². The second kappa shape index (κ2) is 12.8. The van der Waals surface area contributed by atoms with Gasteiger partial charge in [-0.15, -0.1) is 0 Å². The number of imidazole rings is 1. The fraction of sp³-hybridized carbons (Fsp3) is 0.265. The molecule has 1 amide bonds. The molecule has 3 aromatic carbocycles. The number of piperazine rings is 1. The van der Waals surface area contributed by atoms with Gasteiger partial charge in [0.1, 0.15) is 0 Å². The third kappa shape index (κ3) is 6.11. The number of carbonyl (C=O) groups excluding carboxylic acids is 2. The SMILES string of the molecule is Cc1ccc(Cn2c(N3CCN(CC(=O)Nc4ccc(Cl)cc4C(=O)c4ccccc4)CC3)nc3c2c(=O)n(C)c(=O)n3C)cc1. The van der Waals surface area contributed by atoms with E-state index in [9.17, 15) is 19.2 Å². The van der Waals surface area contributed by atoms with Crippen LogP contribution in [0.5, 0.6) is 0 Å². The van der Waals surface area contributed by atoms with Gasteiger partial charge in [-0.25, -0.2) is 4.79 Å². The van der Waals surface area contributed by atoms with Crippen LogP contribution in [0.25, 0.3) is 11.2 Å². The van der Waals surface area contributed by atoms with E-state index in [2.05, 4.69) is 10.2 Å². The number of benzene rings is 3. The Morgan fingerprint density at radius 2 is 1.59 bits per heavy atom. The quantitative estimate of drug-likeness (QED) is 0.259. The standard InChI is InChI=1S/C34H34ClN7O4/c1-22-9-11-23(12-10-22)20-42-29-31(38(2)34(46)39(3)32(29)45)37-33(42)41-17-15-40(16-18-41)21-28(43)36-27-14-13-25(35)19-26(27)30(44)24-7-5-4-6-8-24/h4-14,19H,15-18,20-21H2,1-3H3,(H,36,43). The highest BCUT2D eigenvalue weighted by Gasteiger charge is 2.27. The Labute approximate surface area is 270 Å². The molecule has 0 radical (unpaired) electrons. The van der Waals surface area contributed by atoms with Crippen molar-refractivity contribution in [3.05, 3.63) is 121 Å². The van der Waals surface area contributed by atoms with Crippen molar-refractivity contribution in [1.29, 1.82) is 0 Å². The van der Waals surface area contributed by atoms with Gasteiger partial charge in [0.05, 0.1) is 18.8 Å². The molecule has 1 fully saturated rings. The van der Waals surface area contributed by atoms with Gasteiger partial charge in [-0.1, -0.05) is 71.8 Å². The molecule has 1 saturated heterocycles. The van der Waals surface area contributed by atoms with Gasteiger partial charge >= 0.3 is 5.69 Å². The Balaban J connectivity index is 1.19. The van der Waals surface area contributed by atoms with E-state index in [4.69, 9.17) is 16.6 Å². The van der Waals surface area contributed by atoms with Crippen molar-refractivity contribution < 1.29 is 9.59 Å². The topological polar surface area (TPSA) is 114 Å². The largest absolute Gasteiger partial charge is 0.340 e. The summed E-state index contributed by atoms with van der Waals surface area (Å²) in [4.78, 5) is 61.3. The average molecular weight is 640 g/mol. The molecule has 2 aromatic heterocycles. The van der Waals surface area contributed by atoms with Crippen LogP contribution in [0.3, 0.4) is 0 Å². The van der Waals surface area contributed by atoms with E-state index in [1.54, 1.807) is 49.5 Å². The number of aryl methyl sites for hydroxylation is 2. The molecule has 0 atom stereocenters. The van der Waals surface area contributed by atoms with Gasteiger partial charge < -0.3 is 10.2 Å². The van der Waals surface area contributed by atoms with Crippen molar-refractivity contribution in [3.8, 4) is 0 Å². The van der Waals surface area contributed by atoms with Crippen LogP contribution in [0.4, 0.5) is 11.6 Å². The van der Waals surface area contributed by atoms with Crippen LogP contribution in [0, 0.1) is 6.92 Å². The smallest absolute Gasteiger partial charge is 0.332 e. The van der Waals surface area contributed by atoms with Gasteiger partial charge in [-0.3, -0.25) is 33.0 Å². The molecule has 0 aliphatic carbocycles. The summed E-state index contributed by atoms with van der Waals surface area (Å²) in [6.45, 7) is 4.79. The number of hydrogen-bond acceptors (Lipinski definition) is 7. The molecule has 3 heterocycles. The number of amides is 1. The van der Waals surface area contributed by atoms with Crippen molar-refractivity contribution in [1.82, 2.24) is 23.6 Å². The average Bonchev–Trinajstić information content (AvgIpc) is 3.44. The molecule has 0 unspecified atom stereocenters. The highest BCUT2D eigenvalue weighted by molar-refractivity contribution is 6.31. The molecule has 0 saturated carbocycles. The van der Waals surface area contributed by atoms with Crippen LogP contribution in [-0.4, -0.2) is 68.0 Å². The Bertz CT molecular complexity index is 2060. The monoisotopic (exact) mass is 639 g/mol. The number of carbonyl (C=O) groups is 2. The molecule has 11 nitrogen and oxygen atoms in total. The normalized spacial score (nSPS) is 13.7. The summed E-state index contributed by atoms with van der Waals surface area (Å²) in [7, 11) is 3.09. The molecule has 12 heteroatoms. The van der Waals surface area contributed by atoms with Crippen LogP contribution in [0.2, 0.25) is 5.02 Å². The number of ketones is 1. The summed E-state index contributed by atoms with van der Waals surface area (Å²) in [5.41, 5.74) is 3.23. The van der Waals surface area contributed by atoms with E-state index >= 15 is 0 Å². The Kier molecular flexibility index (Phi) is 8.61. The first kappa shape index (κ1) is 31.0. The van der Waals surface area contributed by atoms with Gasteiger partial charge in [-0.2, -0.15) is 4.98 Å². The molecular formula is C34H34ClN7O4. The second-order valence-corrected chi connectivity index (χ2v) is 12.0. The highest BCUT2D eigenvalue weighted by Crippen LogP contribution is 2.25.